The molecule has 1 saturated carbocycles. The van der Waals surface area contributed by atoms with Gasteiger partial charge in [-0.05, 0) is 42.7 Å². The van der Waals surface area contributed by atoms with Crippen molar-refractivity contribution >= 4 is 0 Å². The quantitative estimate of drug-likeness (QED) is 0.608. The highest BCUT2D eigenvalue weighted by atomic mass is 19.2. The van der Waals surface area contributed by atoms with Gasteiger partial charge in [-0.3, -0.25) is 0 Å². The molecule has 2 fully saturated rings. The number of rotatable bonds is 3. The second kappa shape index (κ2) is 8.30. The molecule has 2 aromatic carbocycles. The zero-order chi connectivity index (χ0) is 19.7. The van der Waals surface area contributed by atoms with Gasteiger partial charge in [-0.2, -0.15) is 0 Å². The Labute approximate surface area is 165 Å². The highest BCUT2D eigenvalue weighted by Crippen LogP contribution is 2.39. The zero-order valence-electron chi connectivity index (χ0n) is 16.6. The van der Waals surface area contributed by atoms with Crippen molar-refractivity contribution in [1.82, 2.24) is 0 Å². The molecule has 4 heteroatoms. The van der Waals surface area contributed by atoms with Gasteiger partial charge in [0.2, 0.25) is 0 Å². The second-order valence-corrected chi connectivity index (χ2v) is 8.43. The third-order valence-electron chi connectivity index (χ3n) is 6.30. The SMILES string of the molecule is Cc1ccc(C2COC(c3ccc(C4CCC(C)CC4)c(F)c3F)OC2)cc1. The van der Waals surface area contributed by atoms with Crippen molar-refractivity contribution in [2.75, 3.05) is 13.2 Å². The van der Waals surface area contributed by atoms with E-state index < -0.39 is 17.9 Å². The molecule has 1 aliphatic heterocycles. The first kappa shape index (κ1) is 19.5. The standard InChI is InChI=1S/C24H28F2O2/c1-15-3-7-17(8-4-15)19-13-27-24(28-14-19)21-12-11-20(22(25)23(21)26)18-9-5-16(2)6-10-18/h3-4,7-8,11-12,16,18-19,24H,5-6,9-10,13-14H2,1-2H3. The molecule has 28 heavy (non-hydrogen) atoms. The Balaban J connectivity index is 1.45. The summed E-state index contributed by atoms with van der Waals surface area (Å²) in [5.74, 6) is -0.666. The number of aryl methyl sites for hydroxylation is 1. The molecule has 0 N–H and O–H groups in total. The average molecular weight is 386 g/mol. The van der Waals surface area contributed by atoms with Crippen LogP contribution in [0.2, 0.25) is 0 Å². The van der Waals surface area contributed by atoms with Crippen molar-refractivity contribution in [3.05, 3.63) is 70.3 Å². The van der Waals surface area contributed by atoms with Crippen molar-refractivity contribution < 1.29 is 18.3 Å². The van der Waals surface area contributed by atoms with E-state index in [2.05, 4.69) is 31.2 Å². The lowest BCUT2D eigenvalue weighted by Gasteiger charge is -2.31. The third-order valence-corrected chi connectivity index (χ3v) is 6.30. The van der Waals surface area contributed by atoms with Gasteiger partial charge in [-0.1, -0.05) is 61.7 Å². The fourth-order valence-electron chi connectivity index (χ4n) is 4.36. The van der Waals surface area contributed by atoms with Crippen LogP contribution in [0, 0.1) is 24.5 Å². The van der Waals surface area contributed by atoms with E-state index in [-0.39, 0.29) is 17.4 Å². The van der Waals surface area contributed by atoms with Crippen LogP contribution in [0.5, 0.6) is 0 Å². The van der Waals surface area contributed by atoms with Crippen LogP contribution in [-0.4, -0.2) is 13.2 Å². The fraction of sp³-hybridized carbons (Fsp3) is 0.500. The molecular weight excluding hydrogens is 358 g/mol. The molecule has 2 aromatic rings. The van der Waals surface area contributed by atoms with Gasteiger partial charge in [0.1, 0.15) is 0 Å². The number of halogens is 2. The molecule has 0 amide bonds. The fourth-order valence-corrected chi connectivity index (χ4v) is 4.36. The zero-order valence-corrected chi connectivity index (χ0v) is 16.6. The topological polar surface area (TPSA) is 18.5 Å². The van der Waals surface area contributed by atoms with Gasteiger partial charge in [0.25, 0.3) is 0 Å². The van der Waals surface area contributed by atoms with Crippen molar-refractivity contribution in [2.24, 2.45) is 5.92 Å². The van der Waals surface area contributed by atoms with Crippen LogP contribution in [0.4, 0.5) is 8.78 Å². The summed E-state index contributed by atoms with van der Waals surface area (Å²) in [6.45, 7) is 5.12. The Morgan fingerprint density at radius 1 is 0.750 bits per heavy atom. The average Bonchev–Trinajstić information content (AvgIpc) is 2.72. The first-order valence-corrected chi connectivity index (χ1v) is 10.3. The minimum atomic E-state index is -0.850. The Hall–Kier alpha value is -1.78. The van der Waals surface area contributed by atoms with Crippen LogP contribution in [0.3, 0.4) is 0 Å². The van der Waals surface area contributed by atoms with Crippen molar-refractivity contribution in [2.45, 2.75) is 57.7 Å². The summed E-state index contributed by atoms with van der Waals surface area (Å²) < 4.78 is 41.1. The van der Waals surface area contributed by atoms with Gasteiger partial charge in [0.15, 0.2) is 17.9 Å². The highest BCUT2D eigenvalue weighted by molar-refractivity contribution is 5.31. The summed E-state index contributed by atoms with van der Waals surface area (Å²) in [4.78, 5) is 0. The molecule has 1 aliphatic carbocycles. The molecule has 0 aromatic heterocycles. The van der Waals surface area contributed by atoms with E-state index in [4.69, 9.17) is 9.47 Å². The van der Waals surface area contributed by atoms with E-state index >= 15 is 0 Å². The van der Waals surface area contributed by atoms with Crippen molar-refractivity contribution in [3.63, 3.8) is 0 Å². The van der Waals surface area contributed by atoms with Crippen LogP contribution in [0.1, 0.15) is 73.0 Å². The minimum Gasteiger partial charge on any atom is -0.348 e. The molecule has 1 heterocycles. The van der Waals surface area contributed by atoms with Crippen LogP contribution in [0.25, 0.3) is 0 Å². The molecule has 0 bridgehead atoms. The summed E-state index contributed by atoms with van der Waals surface area (Å²) in [6.07, 6.45) is 3.14. The number of ether oxygens (including phenoxy) is 2. The third kappa shape index (κ3) is 3.99. The van der Waals surface area contributed by atoms with E-state index in [0.717, 1.165) is 31.2 Å². The Kier molecular flexibility index (Phi) is 5.79. The van der Waals surface area contributed by atoms with E-state index in [9.17, 15) is 8.78 Å². The van der Waals surface area contributed by atoms with E-state index in [0.29, 0.717) is 24.7 Å². The molecule has 4 rings (SSSR count). The molecular formula is C24H28F2O2. The molecule has 2 aliphatic rings. The molecule has 150 valence electrons. The maximum absolute atomic E-state index is 14.8. The summed E-state index contributed by atoms with van der Waals surface area (Å²) in [7, 11) is 0. The smallest absolute Gasteiger partial charge is 0.186 e. The van der Waals surface area contributed by atoms with Crippen molar-refractivity contribution in [1.29, 1.82) is 0 Å². The van der Waals surface area contributed by atoms with Gasteiger partial charge in [0, 0.05) is 11.5 Å². The summed E-state index contributed by atoms with van der Waals surface area (Å²) in [6, 6.07) is 11.6. The van der Waals surface area contributed by atoms with Crippen LogP contribution >= 0.6 is 0 Å². The minimum absolute atomic E-state index is 0.105. The Bertz CT molecular complexity index is 802. The highest BCUT2D eigenvalue weighted by Gasteiger charge is 2.30. The van der Waals surface area contributed by atoms with Gasteiger partial charge in [0.05, 0.1) is 13.2 Å². The summed E-state index contributed by atoms with van der Waals surface area (Å²) in [5, 5.41) is 0. The molecule has 0 spiro atoms. The van der Waals surface area contributed by atoms with Gasteiger partial charge < -0.3 is 9.47 Å². The lowest BCUT2D eigenvalue weighted by molar-refractivity contribution is -0.193. The Morgan fingerprint density at radius 3 is 1.96 bits per heavy atom. The molecule has 0 radical (unpaired) electrons. The molecule has 2 nitrogen and oxygen atoms in total. The monoisotopic (exact) mass is 386 g/mol. The number of hydrogen-bond acceptors (Lipinski definition) is 2. The number of hydrogen-bond donors (Lipinski definition) is 0. The number of benzene rings is 2. The molecule has 0 unspecified atom stereocenters. The van der Waals surface area contributed by atoms with Gasteiger partial charge in [-0.25, -0.2) is 8.78 Å². The van der Waals surface area contributed by atoms with E-state index in [1.54, 1.807) is 12.1 Å². The van der Waals surface area contributed by atoms with Crippen LogP contribution < -0.4 is 0 Å². The van der Waals surface area contributed by atoms with E-state index in [1.165, 1.54) is 5.56 Å². The first-order chi connectivity index (χ1) is 13.5. The first-order valence-electron chi connectivity index (χ1n) is 10.3. The predicted octanol–water partition coefficient (Wildman–Crippen LogP) is 6.40. The largest absolute Gasteiger partial charge is 0.348 e. The predicted molar refractivity (Wildman–Crippen MR) is 105 cm³/mol. The summed E-state index contributed by atoms with van der Waals surface area (Å²) >= 11 is 0. The van der Waals surface area contributed by atoms with Crippen LogP contribution in [0.15, 0.2) is 36.4 Å². The normalized spacial score (nSPS) is 28.3. The van der Waals surface area contributed by atoms with E-state index in [1.807, 2.05) is 6.92 Å². The lowest BCUT2D eigenvalue weighted by atomic mass is 9.79. The maximum atomic E-state index is 14.8. The Morgan fingerprint density at radius 2 is 1.32 bits per heavy atom. The van der Waals surface area contributed by atoms with Gasteiger partial charge >= 0.3 is 0 Å². The van der Waals surface area contributed by atoms with Crippen LogP contribution in [-0.2, 0) is 9.47 Å². The lowest BCUT2D eigenvalue weighted by Crippen LogP contribution is -2.26. The second-order valence-electron chi connectivity index (χ2n) is 8.43. The maximum Gasteiger partial charge on any atom is 0.186 e. The summed E-state index contributed by atoms with van der Waals surface area (Å²) in [5.41, 5.74) is 3.00. The van der Waals surface area contributed by atoms with Gasteiger partial charge in [-0.15, -0.1) is 0 Å². The van der Waals surface area contributed by atoms with Crippen molar-refractivity contribution in [3.8, 4) is 0 Å². The molecule has 1 saturated heterocycles. The molecule has 0 atom stereocenters.